The second-order valence-electron chi connectivity index (χ2n) is 7.31. The first kappa shape index (κ1) is 21.9. The number of hydrogen-bond acceptors (Lipinski definition) is 4. The van der Waals surface area contributed by atoms with Gasteiger partial charge in [0.25, 0.3) is 0 Å². The van der Waals surface area contributed by atoms with Crippen molar-refractivity contribution in [1.82, 2.24) is 14.7 Å². The van der Waals surface area contributed by atoms with E-state index in [1.165, 1.54) is 0 Å². The smallest absolute Gasteiger partial charge is 0.382 e. The Kier molecular flexibility index (Phi) is 6.19. The SMILES string of the molecule is C=C(C)c1cc(NCCC(F)(F)F)c2ncc(-c3ccc(C(O)NC)c(C)c3)n2c1. The van der Waals surface area contributed by atoms with Gasteiger partial charge in [0.05, 0.1) is 24.0 Å². The monoisotopic (exact) mass is 418 g/mol. The third-order valence-corrected chi connectivity index (χ3v) is 4.96. The van der Waals surface area contributed by atoms with Crippen LogP contribution in [0.4, 0.5) is 18.9 Å². The molecule has 160 valence electrons. The van der Waals surface area contributed by atoms with Gasteiger partial charge in [-0.2, -0.15) is 13.2 Å². The lowest BCUT2D eigenvalue weighted by Crippen LogP contribution is -2.16. The number of benzene rings is 1. The van der Waals surface area contributed by atoms with Crippen LogP contribution in [0.5, 0.6) is 0 Å². The highest BCUT2D eigenvalue weighted by atomic mass is 19.4. The van der Waals surface area contributed by atoms with Crippen molar-refractivity contribution in [2.75, 3.05) is 18.9 Å². The Labute approximate surface area is 173 Å². The molecule has 1 aromatic carbocycles. The summed E-state index contributed by atoms with van der Waals surface area (Å²) in [6.45, 7) is 7.47. The van der Waals surface area contributed by atoms with Crippen LogP contribution in [0.2, 0.25) is 0 Å². The van der Waals surface area contributed by atoms with Gasteiger partial charge in [0, 0.05) is 18.3 Å². The molecule has 0 amide bonds. The van der Waals surface area contributed by atoms with Crippen molar-refractivity contribution in [1.29, 1.82) is 0 Å². The predicted molar refractivity (Wildman–Crippen MR) is 113 cm³/mol. The van der Waals surface area contributed by atoms with Gasteiger partial charge in [-0.15, -0.1) is 0 Å². The Balaban J connectivity index is 2.05. The highest BCUT2D eigenvalue weighted by molar-refractivity contribution is 5.78. The van der Waals surface area contributed by atoms with Gasteiger partial charge in [0.15, 0.2) is 5.65 Å². The molecule has 0 spiro atoms. The molecule has 0 aliphatic heterocycles. The minimum atomic E-state index is -4.23. The summed E-state index contributed by atoms with van der Waals surface area (Å²) in [6.07, 6.45) is -2.36. The molecule has 0 aliphatic rings. The van der Waals surface area contributed by atoms with E-state index in [2.05, 4.69) is 22.2 Å². The molecule has 8 heteroatoms. The lowest BCUT2D eigenvalue weighted by Gasteiger charge is -2.15. The second kappa shape index (κ2) is 8.49. The van der Waals surface area contributed by atoms with Gasteiger partial charge in [-0.25, -0.2) is 4.98 Å². The number of alkyl halides is 3. The number of aromatic nitrogens is 2. The largest absolute Gasteiger partial charge is 0.390 e. The molecule has 2 aromatic heterocycles. The standard InChI is InChI=1S/C22H25F3N4O/c1-13(2)16-10-18(27-8-7-22(23,24)25)20-28-11-19(29(20)12-16)15-5-6-17(14(3)9-15)21(30)26-4/h5-6,9-12,21,26-27,30H,1,7-8H2,2-4H3. The molecule has 0 saturated carbocycles. The summed E-state index contributed by atoms with van der Waals surface area (Å²) in [5.74, 6) is 0. The summed E-state index contributed by atoms with van der Waals surface area (Å²) in [6, 6.07) is 7.44. The highest BCUT2D eigenvalue weighted by Crippen LogP contribution is 2.30. The van der Waals surface area contributed by atoms with Crippen LogP contribution in [0, 0.1) is 6.92 Å². The zero-order valence-corrected chi connectivity index (χ0v) is 17.1. The molecule has 0 aliphatic carbocycles. The zero-order valence-electron chi connectivity index (χ0n) is 17.1. The van der Waals surface area contributed by atoms with E-state index >= 15 is 0 Å². The zero-order chi connectivity index (χ0) is 22.1. The number of aryl methyl sites for hydroxylation is 1. The molecule has 1 unspecified atom stereocenters. The normalized spacial score (nSPS) is 12.9. The lowest BCUT2D eigenvalue weighted by atomic mass is 10.0. The topological polar surface area (TPSA) is 61.6 Å². The number of aliphatic hydroxyl groups excluding tert-OH is 1. The highest BCUT2D eigenvalue weighted by Gasteiger charge is 2.26. The van der Waals surface area contributed by atoms with E-state index in [0.29, 0.717) is 11.3 Å². The summed E-state index contributed by atoms with van der Waals surface area (Å²) in [5.41, 5.74) is 6.00. The Morgan fingerprint density at radius 1 is 1.30 bits per heavy atom. The first-order chi connectivity index (χ1) is 14.1. The van der Waals surface area contributed by atoms with Gasteiger partial charge in [-0.05, 0) is 55.3 Å². The van der Waals surface area contributed by atoms with E-state index in [9.17, 15) is 18.3 Å². The van der Waals surface area contributed by atoms with Crippen molar-refractivity contribution >= 4 is 16.9 Å². The summed E-state index contributed by atoms with van der Waals surface area (Å²) in [5, 5.41) is 15.7. The summed E-state index contributed by atoms with van der Waals surface area (Å²) >= 11 is 0. The number of imidazole rings is 1. The van der Waals surface area contributed by atoms with Gasteiger partial charge >= 0.3 is 6.18 Å². The van der Waals surface area contributed by atoms with Crippen molar-refractivity contribution in [3.8, 4) is 11.3 Å². The number of fused-ring (bicyclic) bond motifs is 1. The third kappa shape index (κ3) is 4.66. The molecule has 0 saturated heterocycles. The van der Waals surface area contributed by atoms with E-state index < -0.39 is 18.8 Å². The number of rotatable bonds is 7. The predicted octanol–water partition coefficient (Wildman–Crippen LogP) is 4.92. The first-order valence-corrected chi connectivity index (χ1v) is 9.54. The number of allylic oxidation sites excluding steroid dienone is 1. The molecule has 30 heavy (non-hydrogen) atoms. The maximum absolute atomic E-state index is 12.6. The lowest BCUT2D eigenvalue weighted by molar-refractivity contribution is -0.131. The molecular formula is C22H25F3N4O. The number of aliphatic hydroxyl groups is 1. The number of halogens is 3. The summed E-state index contributed by atoms with van der Waals surface area (Å²) < 4.78 is 39.5. The Bertz CT molecular complexity index is 1070. The quantitative estimate of drug-likeness (QED) is 0.477. The Morgan fingerprint density at radius 3 is 2.63 bits per heavy atom. The minimum Gasteiger partial charge on any atom is -0.382 e. The van der Waals surface area contributed by atoms with Gasteiger partial charge in [0.2, 0.25) is 0 Å². The molecule has 0 radical (unpaired) electrons. The van der Waals surface area contributed by atoms with E-state index in [-0.39, 0.29) is 6.54 Å². The van der Waals surface area contributed by atoms with Crippen LogP contribution in [-0.4, -0.2) is 34.3 Å². The van der Waals surface area contributed by atoms with Gasteiger partial charge in [-0.3, -0.25) is 9.72 Å². The molecular weight excluding hydrogens is 393 g/mol. The third-order valence-electron chi connectivity index (χ3n) is 4.96. The van der Waals surface area contributed by atoms with Gasteiger partial charge in [0.1, 0.15) is 6.23 Å². The second-order valence-corrected chi connectivity index (χ2v) is 7.31. The molecule has 1 atom stereocenters. The average molecular weight is 418 g/mol. The Hall–Kier alpha value is -2.84. The number of anilines is 1. The minimum absolute atomic E-state index is 0.239. The van der Waals surface area contributed by atoms with Crippen LogP contribution in [0.25, 0.3) is 22.5 Å². The van der Waals surface area contributed by atoms with Crippen molar-refractivity contribution in [3.63, 3.8) is 0 Å². The molecule has 3 N–H and O–H groups in total. The Morgan fingerprint density at radius 2 is 2.03 bits per heavy atom. The van der Waals surface area contributed by atoms with Gasteiger partial charge in [-0.1, -0.05) is 18.7 Å². The van der Waals surface area contributed by atoms with E-state index in [1.54, 1.807) is 19.3 Å². The summed E-state index contributed by atoms with van der Waals surface area (Å²) in [7, 11) is 1.68. The molecule has 2 heterocycles. The van der Waals surface area contributed by atoms with E-state index in [0.717, 1.165) is 33.5 Å². The van der Waals surface area contributed by atoms with Crippen molar-refractivity contribution in [2.24, 2.45) is 0 Å². The first-order valence-electron chi connectivity index (χ1n) is 9.54. The number of pyridine rings is 1. The summed E-state index contributed by atoms with van der Waals surface area (Å²) in [4.78, 5) is 4.44. The maximum Gasteiger partial charge on any atom is 0.390 e. The van der Waals surface area contributed by atoms with Crippen molar-refractivity contribution < 1.29 is 18.3 Å². The van der Waals surface area contributed by atoms with Gasteiger partial charge < -0.3 is 10.4 Å². The number of nitrogens with one attached hydrogen (secondary N) is 2. The van der Waals surface area contributed by atoms with Crippen LogP contribution < -0.4 is 10.6 Å². The average Bonchev–Trinajstić information content (AvgIpc) is 3.10. The fourth-order valence-corrected chi connectivity index (χ4v) is 3.30. The number of hydrogen-bond donors (Lipinski definition) is 3. The molecule has 5 nitrogen and oxygen atoms in total. The van der Waals surface area contributed by atoms with Crippen LogP contribution in [0.1, 0.15) is 36.3 Å². The number of nitrogens with zero attached hydrogens (tertiary/aromatic N) is 2. The maximum atomic E-state index is 12.6. The fraction of sp³-hybridized carbons (Fsp3) is 0.318. The molecule has 3 aromatic rings. The van der Waals surface area contributed by atoms with E-state index in [1.807, 2.05) is 42.6 Å². The molecule has 0 bridgehead atoms. The van der Waals surface area contributed by atoms with E-state index in [4.69, 9.17) is 0 Å². The molecule has 3 rings (SSSR count). The van der Waals surface area contributed by atoms with Crippen molar-refractivity contribution in [3.05, 3.63) is 59.9 Å². The van der Waals surface area contributed by atoms with Crippen LogP contribution in [0.3, 0.4) is 0 Å². The van der Waals surface area contributed by atoms with Crippen molar-refractivity contribution in [2.45, 2.75) is 32.7 Å². The van der Waals surface area contributed by atoms with Crippen LogP contribution in [0.15, 0.2) is 43.2 Å². The molecule has 0 fully saturated rings. The van der Waals surface area contributed by atoms with Crippen LogP contribution in [-0.2, 0) is 0 Å². The fourth-order valence-electron chi connectivity index (χ4n) is 3.30. The van der Waals surface area contributed by atoms with Crippen LogP contribution >= 0.6 is 0 Å².